The summed E-state index contributed by atoms with van der Waals surface area (Å²) in [6, 6.07) is 6.94. The SMILES string of the molecule is CNC(=O)c1ccc(CNC(=O)N(CCOC)Cc2cnn(C)c2)cc1. The van der Waals surface area contributed by atoms with Gasteiger partial charge in [0.1, 0.15) is 0 Å². The third-order valence-corrected chi connectivity index (χ3v) is 3.87. The Morgan fingerprint density at radius 3 is 2.54 bits per heavy atom. The van der Waals surface area contributed by atoms with Gasteiger partial charge in [-0.2, -0.15) is 5.10 Å². The lowest BCUT2D eigenvalue weighted by Gasteiger charge is -2.22. The van der Waals surface area contributed by atoms with Gasteiger partial charge < -0.3 is 20.3 Å². The first-order chi connectivity index (χ1) is 12.5. The van der Waals surface area contributed by atoms with Gasteiger partial charge in [0.05, 0.1) is 19.3 Å². The van der Waals surface area contributed by atoms with Crippen LogP contribution in [0, 0.1) is 0 Å². The Morgan fingerprint density at radius 2 is 1.96 bits per heavy atom. The number of amides is 3. The number of hydrogen-bond acceptors (Lipinski definition) is 4. The molecule has 1 aromatic carbocycles. The van der Waals surface area contributed by atoms with E-state index < -0.39 is 0 Å². The fourth-order valence-electron chi connectivity index (χ4n) is 2.44. The second-order valence-electron chi connectivity index (χ2n) is 5.87. The summed E-state index contributed by atoms with van der Waals surface area (Å²) in [4.78, 5) is 25.8. The van der Waals surface area contributed by atoms with Gasteiger partial charge in [-0.15, -0.1) is 0 Å². The van der Waals surface area contributed by atoms with Crippen molar-refractivity contribution in [2.45, 2.75) is 13.1 Å². The quantitative estimate of drug-likeness (QED) is 0.740. The molecule has 0 fully saturated rings. The molecule has 0 saturated heterocycles. The summed E-state index contributed by atoms with van der Waals surface area (Å²) < 4.78 is 6.80. The molecule has 3 amide bonds. The van der Waals surface area contributed by atoms with Crippen LogP contribution in [0.4, 0.5) is 4.79 Å². The van der Waals surface area contributed by atoms with Crippen molar-refractivity contribution in [2.75, 3.05) is 27.3 Å². The maximum Gasteiger partial charge on any atom is 0.318 e. The molecule has 140 valence electrons. The molecular weight excluding hydrogens is 334 g/mol. The minimum Gasteiger partial charge on any atom is -0.383 e. The molecule has 2 aromatic rings. The van der Waals surface area contributed by atoms with Crippen molar-refractivity contribution in [1.29, 1.82) is 0 Å². The topological polar surface area (TPSA) is 88.5 Å². The molecule has 0 unspecified atom stereocenters. The van der Waals surface area contributed by atoms with Crippen LogP contribution >= 0.6 is 0 Å². The second kappa shape index (κ2) is 9.57. The molecule has 8 nitrogen and oxygen atoms in total. The number of ether oxygens (including phenoxy) is 1. The van der Waals surface area contributed by atoms with Gasteiger partial charge in [-0.05, 0) is 17.7 Å². The third kappa shape index (κ3) is 5.59. The molecule has 8 heteroatoms. The van der Waals surface area contributed by atoms with Crippen molar-refractivity contribution in [3.63, 3.8) is 0 Å². The lowest BCUT2D eigenvalue weighted by atomic mass is 10.1. The summed E-state index contributed by atoms with van der Waals surface area (Å²) in [7, 11) is 5.03. The Kier molecular flexibility index (Phi) is 7.16. The van der Waals surface area contributed by atoms with Gasteiger partial charge in [0, 0.05) is 51.6 Å². The smallest absolute Gasteiger partial charge is 0.318 e. The van der Waals surface area contributed by atoms with Crippen LogP contribution in [0.1, 0.15) is 21.5 Å². The Hall–Kier alpha value is -2.87. The lowest BCUT2D eigenvalue weighted by Crippen LogP contribution is -2.40. The molecule has 0 radical (unpaired) electrons. The number of aryl methyl sites for hydroxylation is 1. The first-order valence-corrected chi connectivity index (χ1v) is 8.33. The zero-order valence-electron chi connectivity index (χ0n) is 15.4. The molecule has 26 heavy (non-hydrogen) atoms. The molecule has 0 spiro atoms. The van der Waals surface area contributed by atoms with Crippen LogP contribution in [-0.4, -0.2) is 53.9 Å². The van der Waals surface area contributed by atoms with E-state index in [0.29, 0.717) is 31.8 Å². The zero-order chi connectivity index (χ0) is 18.9. The van der Waals surface area contributed by atoms with E-state index in [1.807, 2.05) is 25.4 Å². The predicted molar refractivity (Wildman–Crippen MR) is 97.6 cm³/mol. The molecule has 2 rings (SSSR count). The Bertz CT molecular complexity index is 727. The summed E-state index contributed by atoms with van der Waals surface area (Å²) in [6.45, 7) is 1.77. The largest absolute Gasteiger partial charge is 0.383 e. The average Bonchev–Trinajstić information content (AvgIpc) is 3.07. The van der Waals surface area contributed by atoms with Crippen LogP contribution in [0.25, 0.3) is 0 Å². The second-order valence-corrected chi connectivity index (χ2v) is 5.87. The van der Waals surface area contributed by atoms with Crippen molar-refractivity contribution in [3.8, 4) is 0 Å². The molecule has 0 atom stereocenters. The number of nitrogens with zero attached hydrogens (tertiary/aromatic N) is 3. The fraction of sp³-hybridized carbons (Fsp3) is 0.389. The van der Waals surface area contributed by atoms with E-state index in [9.17, 15) is 9.59 Å². The monoisotopic (exact) mass is 359 g/mol. The molecule has 1 aromatic heterocycles. The van der Waals surface area contributed by atoms with Gasteiger partial charge >= 0.3 is 6.03 Å². The van der Waals surface area contributed by atoms with Crippen molar-refractivity contribution >= 4 is 11.9 Å². The molecule has 0 aliphatic carbocycles. The Balaban J connectivity index is 1.94. The maximum absolute atomic E-state index is 12.5. The van der Waals surface area contributed by atoms with E-state index in [1.54, 1.807) is 42.1 Å². The fourth-order valence-corrected chi connectivity index (χ4v) is 2.44. The normalized spacial score (nSPS) is 10.4. The van der Waals surface area contributed by atoms with Gasteiger partial charge in [-0.1, -0.05) is 12.1 Å². The van der Waals surface area contributed by atoms with Crippen molar-refractivity contribution in [3.05, 3.63) is 53.3 Å². The number of benzene rings is 1. The highest BCUT2D eigenvalue weighted by molar-refractivity contribution is 5.93. The number of carbonyl (C=O) groups excluding carboxylic acids is 2. The first kappa shape index (κ1) is 19.5. The predicted octanol–water partition coefficient (Wildman–Crippen LogP) is 1.14. The van der Waals surface area contributed by atoms with Crippen LogP contribution in [-0.2, 0) is 24.9 Å². The minimum atomic E-state index is -0.179. The van der Waals surface area contributed by atoms with Crippen molar-refractivity contribution < 1.29 is 14.3 Å². The molecule has 0 aliphatic heterocycles. The van der Waals surface area contributed by atoms with Gasteiger partial charge in [0.2, 0.25) is 0 Å². The van der Waals surface area contributed by atoms with Crippen LogP contribution in [0.2, 0.25) is 0 Å². The first-order valence-electron chi connectivity index (χ1n) is 8.33. The van der Waals surface area contributed by atoms with E-state index >= 15 is 0 Å². The van der Waals surface area contributed by atoms with E-state index in [2.05, 4.69) is 15.7 Å². The molecular formula is C18H25N5O3. The van der Waals surface area contributed by atoms with Gasteiger partial charge in [-0.25, -0.2) is 4.79 Å². The van der Waals surface area contributed by atoms with Gasteiger partial charge in [-0.3, -0.25) is 9.48 Å². The highest BCUT2D eigenvalue weighted by Crippen LogP contribution is 2.06. The van der Waals surface area contributed by atoms with Crippen LogP contribution < -0.4 is 10.6 Å². The van der Waals surface area contributed by atoms with Crippen LogP contribution in [0.15, 0.2) is 36.7 Å². The van der Waals surface area contributed by atoms with Gasteiger partial charge in [0.25, 0.3) is 5.91 Å². The Morgan fingerprint density at radius 1 is 1.23 bits per heavy atom. The third-order valence-electron chi connectivity index (χ3n) is 3.87. The molecule has 0 saturated carbocycles. The van der Waals surface area contributed by atoms with Crippen LogP contribution in [0.3, 0.4) is 0 Å². The molecule has 1 heterocycles. The number of urea groups is 1. The van der Waals surface area contributed by atoms with Crippen LogP contribution in [0.5, 0.6) is 0 Å². The number of methoxy groups -OCH3 is 1. The summed E-state index contributed by atoms with van der Waals surface area (Å²) in [6.07, 6.45) is 3.62. The van der Waals surface area contributed by atoms with Gasteiger partial charge in [0.15, 0.2) is 0 Å². The maximum atomic E-state index is 12.5. The zero-order valence-corrected chi connectivity index (χ0v) is 15.4. The lowest BCUT2D eigenvalue weighted by molar-refractivity contribution is 0.0963. The number of carbonyl (C=O) groups is 2. The van der Waals surface area contributed by atoms with Crippen molar-refractivity contribution in [1.82, 2.24) is 25.3 Å². The number of aromatic nitrogens is 2. The van der Waals surface area contributed by atoms with E-state index in [4.69, 9.17) is 4.74 Å². The van der Waals surface area contributed by atoms with E-state index in [0.717, 1.165) is 11.1 Å². The molecule has 0 bridgehead atoms. The highest BCUT2D eigenvalue weighted by atomic mass is 16.5. The van der Waals surface area contributed by atoms with E-state index in [1.165, 1.54) is 0 Å². The summed E-state index contributed by atoms with van der Waals surface area (Å²) in [5.74, 6) is -0.136. The number of hydrogen-bond donors (Lipinski definition) is 2. The number of nitrogens with one attached hydrogen (secondary N) is 2. The van der Waals surface area contributed by atoms with E-state index in [-0.39, 0.29) is 11.9 Å². The standard InChI is InChI=1S/C18H25N5O3/c1-19-17(24)16-6-4-14(5-7-16)10-20-18(25)23(8-9-26-3)13-15-11-21-22(2)12-15/h4-7,11-12H,8-10,13H2,1-3H3,(H,19,24)(H,20,25). The highest BCUT2D eigenvalue weighted by Gasteiger charge is 2.14. The Labute approximate surface area is 153 Å². The number of rotatable bonds is 8. The van der Waals surface area contributed by atoms with Crippen molar-refractivity contribution in [2.24, 2.45) is 7.05 Å². The molecule has 0 aliphatic rings. The summed E-state index contributed by atoms with van der Waals surface area (Å²) >= 11 is 0. The minimum absolute atomic E-state index is 0.136. The summed E-state index contributed by atoms with van der Waals surface area (Å²) in [5.41, 5.74) is 2.45. The molecule has 2 N–H and O–H groups in total. The summed E-state index contributed by atoms with van der Waals surface area (Å²) in [5, 5.41) is 9.60. The average molecular weight is 359 g/mol.